The van der Waals surface area contributed by atoms with Crippen LogP contribution >= 0.6 is 0 Å². The number of pyridine rings is 1. The molecule has 0 bridgehead atoms. The highest BCUT2D eigenvalue weighted by Crippen LogP contribution is 2.34. The van der Waals surface area contributed by atoms with E-state index < -0.39 is 13.7 Å². The van der Waals surface area contributed by atoms with Gasteiger partial charge in [-0.1, -0.05) is 33.5 Å². The summed E-state index contributed by atoms with van der Waals surface area (Å²) in [6.07, 6.45) is 3.43. The second-order valence-electron chi connectivity index (χ2n) is 12.2. The zero-order valence-corrected chi connectivity index (χ0v) is 23.9. The average molecular weight is 507 g/mol. The van der Waals surface area contributed by atoms with Crippen molar-refractivity contribution in [3.8, 4) is 0 Å². The topological polar surface area (TPSA) is 59.8 Å². The van der Waals surface area contributed by atoms with Crippen LogP contribution in [0.2, 0.25) is 25.7 Å². The maximum atomic E-state index is 16.0. The third kappa shape index (κ3) is 6.76. The van der Waals surface area contributed by atoms with Crippen LogP contribution in [0.3, 0.4) is 0 Å². The van der Waals surface area contributed by atoms with E-state index in [2.05, 4.69) is 38.5 Å². The summed E-state index contributed by atoms with van der Waals surface area (Å²) in [4.78, 5) is 20.7. The SMILES string of the molecule is CC(C)c1cn(COCC[Si](C)(C)C)c2cnc(N3CCN(C(=O)OC(C)(C)C)C[C@H]3C)c(F)c12. The molecule has 1 saturated heterocycles. The Hall–Kier alpha value is -2.13. The molecule has 196 valence electrons. The molecule has 7 nitrogen and oxygen atoms in total. The van der Waals surface area contributed by atoms with E-state index >= 15 is 4.39 Å². The number of halogens is 1. The lowest BCUT2D eigenvalue weighted by Gasteiger charge is -2.40. The number of rotatable bonds is 7. The maximum Gasteiger partial charge on any atom is 0.410 e. The van der Waals surface area contributed by atoms with Gasteiger partial charge in [0.1, 0.15) is 12.3 Å². The molecule has 3 rings (SSSR count). The van der Waals surface area contributed by atoms with Gasteiger partial charge in [0.05, 0.1) is 11.7 Å². The molecule has 1 aliphatic heterocycles. The summed E-state index contributed by atoms with van der Waals surface area (Å²) in [7, 11) is -1.17. The quantitative estimate of drug-likeness (QED) is 0.338. The van der Waals surface area contributed by atoms with Gasteiger partial charge in [0.2, 0.25) is 0 Å². The molecule has 1 aliphatic rings. The normalized spacial score (nSPS) is 17.5. The second kappa shape index (κ2) is 10.5. The maximum absolute atomic E-state index is 16.0. The van der Waals surface area contributed by atoms with Gasteiger partial charge in [-0.05, 0) is 45.2 Å². The van der Waals surface area contributed by atoms with Crippen molar-refractivity contribution < 1.29 is 18.7 Å². The zero-order valence-electron chi connectivity index (χ0n) is 22.9. The number of amides is 1. The molecule has 0 N–H and O–H groups in total. The first-order valence-corrected chi connectivity index (χ1v) is 16.4. The highest BCUT2D eigenvalue weighted by Gasteiger charge is 2.32. The van der Waals surface area contributed by atoms with Gasteiger partial charge in [0.15, 0.2) is 11.6 Å². The van der Waals surface area contributed by atoms with Crippen LogP contribution in [-0.4, -0.2) is 66.5 Å². The van der Waals surface area contributed by atoms with Gasteiger partial charge in [-0.3, -0.25) is 0 Å². The Morgan fingerprint density at radius 2 is 1.94 bits per heavy atom. The van der Waals surface area contributed by atoms with Gasteiger partial charge in [0.25, 0.3) is 0 Å². The fourth-order valence-corrected chi connectivity index (χ4v) is 5.07. The van der Waals surface area contributed by atoms with Crippen molar-refractivity contribution in [2.45, 2.75) is 91.5 Å². The Balaban J connectivity index is 1.82. The highest BCUT2D eigenvalue weighted by atomic mass is 28.3. The summed E-state index contributed by atoms with van der Waals surface area (Å²) in [5.41, 5.74) is 1.16. The van der Waals surface area contributed by atoms with Crippen LogP contribution in [0.15, 0.2) is 12.4 Å². The van der Waals surface area contributed by atoms with E-state index in [4.69, 9.17) is 9.47 Å². The highest BCUT2D eigenvalue weighted by molar-refractivity contribution is 6.76. The molecule has 0 saturated carbocycles. The molecule has 0 spiro atoms. The first-order valence-electron chi connectivity index (χ1n) is 12.7. The molecule has 2 aromatic rings. The Kier molecular flexibility index (Phi) is 8.21. The molecule has 3 heterocycles. The van der Waals surface area contributed by atoms with Gasteiger partial charge in [0, 0.05) is 51.9 Å². The van der Waals surface area contributed by atoms with E-state index in [9.17, 15) is 4.79 Å². The van der Waals surface area contributed by atoms with Crippen molar-refractivity contribution in [1.29, 1.82) is 0 Å². The number of ether oxygens (including phenoxy) is 2. The molecule has 0 unspecified atom stereocenters. The van der Waals surface area contributed by atoms with Crippen molar-refractivity contribution in [2.24, 2.45) is 0 Å². The lowest BCUT2D eigenvalue weighted by atomic mass is 10.0. The van der Waals surface area contributed by atoms with Crippen LogP contribution in [-0.2, 0) is 16.2 Å². The summed E-state index contributed by atoms with van der Waals surface area (Å²) in [6.45, 7) is 21.2. The molecule has 0 aromatic carbocycles. The van der Waals surface area contributed by atoms with Crippen molar-refractivity contribution in [2.75, 3.05) is 31.1 Å². The van der Waals surface area contributed by atoms with E-state index in [0.717, 1.165) is 17.1 Å². The fraction of sp³-hybridized carbons (Fsp3) is 0.692. The predicted octanol–water partition coefficient (Wildman–Crippen LogP) is 6.06. The standard InChI is InChI=1S/C26H43FN4O3Si/c1-18(2)20-16-30(17-33-12-13-35(7,8)9)21-14-28-24(23(27)22(20)21)31-11-10-29(15-19(31)3)25(32)34-26(4,5)6/h14,16,18-19H,10-13,15,17H2,1-9H3/t19-/m1/s1. The largest absolute Gasteiger partial charge is 0.444 e. The monoisotopic (exact) mass is 506 g/mol. The predicted molar refractivity (Wildman–Crippen MR) is 142 cm³/mol. The summed E-state index contributed by atoms with van der Waals surface area (Å²) < 4.78 is 29.5. The lowest BCUT2D eigenvalue weighted by Crippen LogP contribution is -2.55. The van der Waals surface area contributed by atoms with Crippen molar-refractivity contribution in [3.63, 3.8) is 0 Å². The lowest BCUT2D eigenvalue weighted by molar-refractivity contribution is 0.0218. The van der Waals surface area contributed by atoms with E-state index in [1.54, 1.807) is 11.1 Å². The molecule has 0 aliphatic carbocycles. The summed E-state index contributed by atoms with van der Waals surface area (Å²) in [6, 6.07) is 0.998. The van der Waals surface area contributed by atoms with Crippen molar-refractivity contribution in [1.82, 2.24) is 14.5 Å². The first kappa shape index (κ1) is 27.5. The van der Waals surface area contributed by atoms with Crippen LogP contribution in [0.25, 0.3) is 10.9 Å². The number of piperazine rings is 1. The summed E-state index contributed by atoms with van der Waals surface area (Å²) >= 11 is 0. The minimum absolute atomic E-state index is 0.0924. The number of aromatic nitrogens is 2. The smallest absolute Gasteiger partial charge is 0.410 e. The Bertz CT molecular complexity index is 1040. The number of carbonyl (C=O) groups is 1. The molecule has 1 atom stereocenters. The minimum atomic E-state index is -1.17. The van der Waals surface area contributed by atoms with Crippen molar-refractivity contribution in [3.05, 3.63) is 23.8 Å². The van der Waals surface area contributed by atoms with E-state index in [1.165, 1.54) is 0 Å². The Morgan fingerprint density at radius 3 is 2.51 bits per heavy atom. The molecular formula is C26H43FN4O3Si. The average Bonchev–Trinajstić information content (AvgIpc) is 3.10. The fourth-order valence-electron chi connectivity index (χ4n) is 4.31. The van der Waals surface area contributed by atoms with Crippen molar-refractivity contribution >= 4 is 30.9 Å². The summed E-state index contributed by atoms with van der Waals surface area (Å²) in [5, 5.41) is 0.612. The third-order valence-corrected chi connectivity index (χ3v) is 7.98. The van der Waals surface area contributed by atoms with Gasteiger partial charge >= 0.3 is 6.09 Å². The van der Waals surface area contributed by atoms with Gasteiger partial charge < -0.3 is 23.8 Å². The molecule has 0 radical (unpaired) electrons. The number of nitrogens with zero attached hydrogens (tertiary/aromatic N) is 4. The van der Waals surface area contributed by atoms with E-state index in [0.29, 0.717) is 44.2 Å². The Labute approximate surface area is 210 Å². The second-order valence-corrected chi connectivity index (χ2v) is 17.8. The zero-order chi connectivity index (χ0) is 26.1. The van der Waals surface area contributed by atoms with Crippen LogP contribution in [0.4, 0.5) is 15.0 Å². The van der Waals surface area contributed by atoms with Crippen LogP contribution < -0.4 is 4.90 Å². The number of anilines is 1. The Morgan fingerprint density at radius 1 is 1.26 bits per heavy atom. The summed E-state index contributed by atoms with van der Waals surface area (Å²) in [5.74, 6) is 0.199. The number of carbonyl (C=O) groups excluding carboxylic acids is 1. The first-order chi connectivity index (χ1) is 16.2. The molecule has 35 heavy (non-hydrogen) atoms. The van der Waals surface area contributed by atoms with Gasteiger partial charge in [-0.2, -0.15) is 0 Å². The molecule has 1 fully saturated rings. The number of hydrogen-bond acceptors (Lipinski definition) is 5. The number of hydrogen-bond donors (Lipinski definition) is 0. The van der Waals surface area contributed by atoms with Crippen LogP contribution in [0, 0.1) is 5.82 Å². The molecule has 9 heteroatoms. The van der Waals surface area contributed by atoms with E-state index in [-0.39, 0.29) is 23.9 Å². The third-order valence-electron chi connectivity index (χ3n) is 6.27. The van der Waals surface area contributed by atoms with E-state index in [1.807, 2.05) is 43.4 Å². The number of fused-ring (bicyclic) bond motifs is 1. The van der Waals surface area contributed by atoms with Crippen LogP contribution in [0.1, 0.15) is 53.0 Å². The molecular weight excluding hydrogens is 463 g/mol. The van der Waals surface area contributed by atoms with Gasteiger partial charge in [-0.15, -0.1) is 0 Å². The minimum Gasteiger partial charge on any atom is -0.444 e. The molecule has 2 aromatic heterocycles. The molecule has 1 amide bonds. The van der Waals surface area contributed by atoms with Gasteiger partial charge in [-0.25, -0.2) is 14.2 Å². The van der Waals surface area contributed by atoms with Crippen LogP contribution in [0.5, 0.6) is 0 Å².